The smallest absolute Gasteiger partial charge is 0.101 e. The van der Waals surface area contributed by atoms with Crippen LogP contribution in [0, 0.1) is 0 Å². The van der Waals surface area contributed by atoms with E-state index >= 15 is 0 Å². The Labute approximate surface area is 73.0 Å². The molecule has 0 spiro atoms. The van der Waals surface area contributed by atoms with Gasteiger partial charge in [-0.15, -0.1) is 0 Å². The van der Waals surface area contributed by atoms with Crippen molar-refractivity contribution in [1.29, 1.82) is 0 Å². The Bertz CT molecular complexity index is 120. The summed E-state index contributed by atoms with van der Waals surface area (Å²) in [5.41, 5.74) is 4.51. The van der Waals surface area contributed by atoms with Crippen molar-refractivity contribution in [1.82, 2.24) is 0 Å². The number of quaternary nitrogens is 1. The van der Waals surface area contributed by atoms with Crippen molar-refractivity contribution in [3.8, 4) is 0 Å². The van der Waals surface area contributed by atoms with Gasteiger partial charge in [0.05, 0.1) is 33.7 Å². The van der Waals surface area contributed by atoms with Crippen molar-refractivity contribution in [3.63, 3.8) is 0 Å². The lowest BCUT2D eigenvalue weighted by atomic mass is 10.5. The molecular formula is C7H18N2O3. The van der Waals surface area contributed by atoms with Crippen LogP contribution in [0.3, 0.4) is 0 Å². The molecule has 5 heteroatoms. The van der Waals surface area contributed by atoms with Gasteiger partial charge in [0.2, 0.25) is 0 Å². The van der Waals surface area contributed by atoms with Gasteiger partial charge in [-0.05, 0) is 0 Å². The van der Waals surface area contributed by atoms with Crippen LogP contribution in [0.4, 0.5) is 0 Å². The highest BCUT2D eigenvalue weighted by atomic mass is 16.4. The number of nitrogens with two attached hydrogens (primary N) is 1. The molecule has 0 fully saturated rings. The van der Waals surface area contributed by atoms with Gasteiger partial charge in [-0.25, -0.2) is 0 Å². The van der Waals surface area contributed by atoms with Crippen molar-refractivity contribution < 1.29 is 19.5 Å². The van der Waals surface area contributed by atoms with Crippen molar-refractivity contribution >= 4 is 5.97 Å². The van der Waals surface area contributed by atoms with Gasteiger partial charge in [0, 0.05) is 6.54 Å². The minimum absolute atomic E-state index is 0.281. The van der Waals surface area contributed by atoms with E-state index in [0.717, 1.165) is 11.0 Å². The Hall–Kier alpha value is -0.650. The molecule has 0 aliphatic heterocycles. The van der Waals surface area contributed by atoms with E-state index in [2.05, 4.69) is 26.9 Å². The highest BCUT2D eigenvalue weighted by Crippen LogP contribution is 1.84. The van der Waals surface area contributed by atoms with Gasteiger partial charge in [0.1, 0.15) is 6.54 Å². The molecule has 3 N–H and O–H groups in total. The van der Waals surface area contributed by atoms with Crippen LogP contribution in [-0.4, -0.2) is 56.4 Å². The molecule has 0 atom stereocenters. The molecule has 0 saturated heterocycles. The number of carbonyl (C=O) groups excluding carboxylic acids is 1. The first-order chi connectivity index (χ1) is 5.33. The Balaban J connectivity index is 0. The number of aliphatic carboxylic acids is 1. The number of nitrogens with zero attached hydrogens (tertiary/aromatic N) is 1. The standard InChI is InChI=1S/C5H14NO.C2H5NO2/c1-6(2,3)4-5-7;3-1-2(4)5/h7H,4-5H2,1-3H3;1,3H2,(H,4,5)/q+1;/p-1. The number of aliphatic hydroxyl groups excluding tert-OH is 1. The minimum Gasteiger partial charge on any atom is -0.549 e. The third-order valence-electron chi connectivity index (χ3n) is 0.937. The lowest BCUT2D eigenvalue weighted by molar-refractivity contribution is -0.870. The summed E-state index contributed by atoms with van der Waals surface area (Å²) in [5.74, 6) is -1.22. The second-order valence-corrected chi connectivity index (χ2v) is 3.31. The summed E-state index contributed by atoms with van der Waals surface area (Å²) >= 11 is 0. The number of likely N-dealkylation sites (N-methyl/N-ethyl adjacent to an activating group) is 1. The molecule has 0 radical (unpaired) electrons. The molecule has 5 nitrogen and oxygen atoms in total. The van der Waals surface area contributed by atoms with Crippen molar-refractivity contribution in [2.75, 3.05) is 40.8 Å². The predicted octanol–water partition coefficient (Wildman–Crippen LogP) is -2.62. The van der Waals surface area contributed by atoms with Crippen molar-refractivity contribution in [3.05, 3.63) is 0 Å². The molecule has 12 heavy (non-hydrogen) atoms. The summed E-state index contributed by atoms with van der Waals surface area (Å²) in [5, 5.41) is 17.5. The first-order valence-corrected chi connectivity index (χ1v) is 3.64. The molecule has 0 aromatic heterocycles. The summed E-state index contributed by atoms with van der Waals surface area (Å²) in [6.45, 7) is 0.726. The molecule has 0 rings (SSSR count). The number of aliphatic hydroxyl groups is 1. The van der Waals surface area contributed by atoms with Crippen LogP contribution < -0.4 is 10.8 Å². The summed E-state index contributed by atoms with van der Waals surface area (Å²) < 4.78 is 0.844. The molecule has 74 valence electrons. The number of hydrogen-bond acceptors (Lipinski definition) is 4. The molecular weight excluding hydrogens is 160 g/mol. The Morgan fingerprint density at radius 2 is 1.83 bits per heavy atom. The zero-order valence-electron chi connectivity index (χ0n) is 7.91. The topological polar surface area (TPSA) is 86.4 Å². The third-order valence-corrected chi connectivity index (χ3v) is 0.937. The van der Waals surface area contributed by atoms with Crippen LogP contribution in [0.5, 0.6) is 0 Å². The maximum atomic E-state index is 9.13. The average molecular weight is 178 g/mol. The van der Waals surface area contributed by atoms with Crippen LogP contribution >= 0.6 is 0 Å². The number of carboxylic acid groups (broad SMARTS) is 1. The molecule has 0 aliphatic rings. The first kappa shape index (κ1) is 13.9. The monoisotopic (exact) mass is 178 g/mol. The maximum Gasteiger partial charge on any atom is 0.101 e. The number of carbonyl (C=O) groups is 1. The molecule has 0 saturated carbocycles. The summed E-state index contributed by atoms with van der Waals surface area (Å²) in [4.78, 5) is 9.13. The maximum absolute atomic E-state index is 9.13. The van der Waals surface area contributed by atoms with Gasteiger partial charge in [-0.3, -0.25) is 0 Å². The largest absolute Gasteiger partial charge is 0.549 e. The Morgan fingerprint density at radius 1 is 1.50 bits per heavy atom. The van der Waals surface area contributed by atoms with Gasteiger partial charge < -0.3 is 25.2 Å². The van der Waals surface area contributed by atoms with Gasteiger partial charge in [-0.2, -0.15) is 0 Å². The lowest BCUT2D eigenvalue weighted by Crippen LogP contribution is -2.36. The van der Waals surface area contributed by atoms with E-state index in [4.69, 9.17) is 15.0 Å². The number of hydrogen-bond donors (Lipinski definition) is 2. The summed E-state index contributed by atoms with van der Waals surface area (Å²) in [6.07, 6.45) is 0. The van der Waals surface area contributed by atoms with Crippen LogP contribution in [0.1, 0.15) is 0 Å². The van der Waals surface area contributed by atoms with Crippen LogP contribution in [0.2, 0.25) is 0 Å². The Kier molecular flexibility index (Phi) is 8.14. The Morgan fingerprint density at radius 3 is 1.83 bits per heavy atom. The fourth-order valence-corrected chi connectivity index (χ4v) is 0.300. The van der Waals surface area contributed by atoms with Crippen LogP contribution in [0.15, 0.2) is 0 Å². The normalized spacial score (nSPS) is 10.1. The predicted molar refractivity (Wildman–Crippen MR) is 44.0 cm³/mol. The van der Waals surface area contributed by atoms with Crippen LogP contribution in [0.25, 0.3) is 0 Å². The fraction of sp³-hybridized carbons (Fsp3) is 0.857. The van der Waals surface area contributed by atoms with E-state index in [9.17, 15) is 0 Å². The van der Waals surface area contributed by atoms with E-state index in [1.807, 2.05) is 0 Å². The van der Waals surface area contributed by atoms with Gasteiger partial charge in [-0.1, -0.05) is 0 Å². The van der Waals surface area contributed by atoms with Gasteiger partial charge in [0.25, 0.3) is 0 Å². The average Bonchev–Trinajstić information content (AvgIpc) is 1.86. The fourth-order valence-electron chi connectivity index (χ4n) is 0.300. The van der Waals surface area contributed by atoms with Gasteiger partial charge in [0.15, 0.2) is 0 Å². The van der Waals surface area contributed by atoms with E-state index < -0.39 is 5.97 Å². The zero-order valence-corrected chi connectivity index (χ0v) is 7.91. The minimum atomic E-state index is -1.22. The highest BCUT2D eigenvalue weighted by Gasteiger charge is 2.02. The zero-order chi connectivity index (χ0) is 10.2. The van der Waals surface area contributed by atoms with Gasteiger partial charge >= 0.3 is 0 Å². The SMILES string of the molecule is C[N+](C)(C)CCO.NCC(=O)[O-]. The molecule has 0 aromatic rings. The van der Waals surface area contributed by atoms with E-state index in [-0.39, 0.29) is 13.2 Å². The second-order valence-electron chi connectivity index (χ2n) is 3.31. The van der Waals surface area contributed by atoms with Crippen molar-refractivity contribution in [2.24, 2.45) is 5.73 Å². The van der Waals surface area contributed by atoms with Crippen LogP contribution in [-0.2, 0) is 4.79 Å². The van der Waals surface area contributed by atoms with E-state index in [1.165, 1.54) is 0 Å². The van der Waals surface area contributed by atoms with Crippen molar-refractivity contribution in [2.45, 2.75) is 0 Å². The molecule has 0 aromatic carbocycles. The summed E-state index contributed by atoms with van der Waals surface area (Å²) in [6, 6.07) is 0. The summed E-state index contributed by atoms with van der Waals surface area (Å²) in [7, 11) is 6.16. The lowest BCUT2D eigenvalue weighted by Gasteiger charge is -2.21. The molecule has 0 bridgehead atoms. The highest BCUT2D eigenvalue weighted by molar-refractivity contribution is 5.66. The van der Waals surface area contributed by atoms with E-state index in [1.54, 1.807) is 0 Å². The molecule has 0 unspecified atom stereocenters. The van der Waals surface area contributed by atoms with E-state index in [0.29, 0.717) is 0 Å². The first-order valence-electron chi connectivity index (χ1n) is 3.64. The molecule has 0 aliphatic carbocycles. The second kappa shape index (κ2) is 7.02. The quantitative estimate of drug-likeness (QED) is 0.463. The number of rotatable bonds is 3. The molecule has 0 heterocycles. The molecule has 0 amide bonds. The third kappa shape index (κ3) is 22.8. The number of carboxylic acids is 1.